The van der Waals surface area contributed by atoms with E-state index in [0.717, 1.165) is 31.2 Å². The van der Waals surface area contributed by atoms with Crippen LogP contribution >= 0.6 is 0 Å². The average molecular weight is 325 g/mol. The summed E-state index contributed by atoms with van der Waals surface area (Å²) in [6.07, 6.45) is 2.72. The van der Waals surface area contributed by atoms with Crippen molar-refractivity contribution in [3.8, 4) is 5.75 Å². The zero-order valence-electron chi connectivity index (χ0n) is 12.1. The summed E-state index contributed by atoms with van der Waals surface area (Å²) >= 11 is 0. The van der Waals surface area contributed by atoms with Crippen LogP contribution in [-0.2, 0) is 13.0 Å². The van der Waals surface area contributed by atoms with E-state index in [-0.39, 0.29) is 23.4 Å². The Morgan fingerprint density at radius 1 is 1.39 bits per heavy atom. The molecule has 0 radical (unpaired) electrons. The highest BCUT2D eigenvalue weighted by Crippen LogP contribution is 2.23. The molecule has 0 fully saturated rings. The molecule has 122 valence electrons. The van der Waals surface area contributed by atoms with Gasteiger partial charge in [-0.15, -0.1) is 0 Å². The first-order valence-electron chi connectivity index (χ1n) is 7.10. The molecule has 23 heavy (non-hydrogen) atoms. The molecule has 0 unspecified atom stereocenters. The smallest absolute Gasteiger partial charge is 0.387 e. The third-order valence-corrected chi connectivity index (χ3v) is 3.61. The van der Waals surface area contributed by atoms with Gasteiger partial charge in [-0.2, -0.15) is 8.78 Å². The summed E-state index contributed by atoms with van der Waals surface area (Å²) in [6, 6.07) is 3.22. The average Bonchev–Trinajstić information content (AvgIpc) is 2.52. The number of rotatable bonds is 4. The van der Waals surface area contributed by atoms with Crippen LogP contribution in [0.3, 0.4) is 0 Å². The molecule has 0 aliphatic carbocycles. The maximum absolute atomic E-state index is 13.4. The van der Waals surface area contributed by atoms with Gasteiger partial charge in [0.25, 0.3) is 5.56 Å². The highest BCUT2D eigenvalue weighted by molar-refractivity contribution is 5.44. The van der Waals surface area contributed by atoms with Gasteiger partial charge in [0.15, 0.2) is 0 Å². The number of nitrogens with one attached hydrogen (secondary N) is 1. The highest BCUT2D eigenvalue weighted by Gasteiger charge is 2.17. The van der Waals surface area contributed by atoms with E-state index in [1.165, 1.54) is 10.9 Å². The predicted molar refractivity (Wildman–Crippen MR) is 77.4 cm³/mol. The van der Waals surface area contributed by atoms with Gasteiger partial charge in [0.05, 0.1) is 12.1 Å². The van der Waals surface area contributed by atoms with Crippen molar-refractivity contribution in [2.45, 2.75) is 26.0 Å². The number of ether oxygens (including phenoxy) is 1. The van der Waals surface area contributed by atoms with Crippen molar-refractivity contribution in [1.29, 1.82) is 0 Å². The molecule has 0 saturated carbocycles. The zero-order valence-corrected chi connectivity index (χ0v) is 12.1. The standard InChI is InChI=1S/C15H14F3N3O2/c16-10-3-4-12(23-15(17)18)9(6-10)7-21-8-20-13-11(14(21)22)2-1-5-19-13/h3-4,6,8,15,19H,1-2,5,7H2. The molecule has 8 heteroatoms. The van der Waals surface area contributed by atoms with Crippen LogP contribution in [-0.4, -0.2) is 22.7 Å². The monoisotopic (exact) mass is 325 g/mol. The molecular formula is C15H14F3N3O2. The first-order chi connectivity index (χ1) is 11.0. The maximum atomic E-state index is 13.4. The second-order valence-electron chi connectivity index (χ2n) is 5.17. The topological polar surface area (TPSA) is 56.2 Å². The molecular weight excluding hydrogens is 311 g/mol. The molecule has 0 saturated heterocycles. The van der Waals surface area contributed by atoms with Gasteiger partial charge in [-0.05, 0) is 31.0 Å². The van der Waals surface area contributed by atoms with Crippen molar-refractivity contribution in [3.05, 3.63) is 51.8 Å². The Morgan fingerprint density at radius 2 is 2.22 bits per heavy atom. The predicted octanol–water partition coefficient (Wildman–Crippen LogP) is 2.39. The van der Waals surface area contributed by atoms with Crippen molar-refractivity contribution in [1.82, 2.24) is 9.55 Å². The summed E-state index contributed by atoms with van der Waals surface area (Å²) in [7, 11) is 0. The number of fused-ring (bicyclic) bond motifs is 1. The summed E-state index contributed by atoms with van der Waals surface area (Å²) < 4.78 is 43.9. The number of halogens is 3. The highest BCUT2D eigenvalue weighted by atomic mass is 19.3. The first-order valence-corrected chi connectivity index (χ1v) is 7.10. The molecule has 2 aromatic rings. The largest absolute Gasteiger partial charge is 0.434 e. The Bertz CT molecular complexity index is 777. The van der Waals surface area contributed by atoms with Crippen LogP contribution in [0.1, 0.15) is 17.5 Å². The van der Waals surface area contributed by atoms with Crippen molar-refractivity contribution >= 4 is 5.82 Å². The molecule has 1 aromatic heterocycles. The van der Waals surface area contributed by atoms with Crippen LogP contribution in [0.4, 0.5) is 19.0 Å². The van der Waals surface area contributed by atoms with Gasteiger partial charge in [0, 0.05) is 12.1 Å². The number of aromatic nitrogens is 2. The summed E-state index contributed by atoms with van der Waals surface area (Å²) in [5, 5.41) is 3.03. The fraction of sp³-hybridized carbons (Fsp3) is 0.333. The van der Waals surface area contributed by atoms with Gasteiger partial charge in [-0.3, -0.25) is 9.36 Å². The van der Waals surface area contributed by atoms with Gasteiger partial charge >= 0.3 is 6.61 Å². The number of hydrogen-bond acceptors (Lipinski definition) is 4. The van der Waals surface area contributed by atoms with Gasteiger partial charge < -0.3 is 10.1 Å². The Balaban J connectivity index is 1.96. The lowest BCUT2D eigenvalue weighted by Gasteiger charge is -2.18. The fourth-order valence-electron chi connectivity index (χ4n) is 2.56. The van der Waals surface area contributed by atoms with Crippen molar-refractivity contribution in [3.63, 3.8) is 0 Å². The van der Waals surface area contributed by atoms with Crippen molar-refractivity contribution < 1.29 is 17.9 Å². The minimum absolute atomic E-state index is 0.0983. The van der Waals surface area contributed by atoms with Gasteiger partial charge in [-0.25, -0.2) is 9.37 Å². The van der Waals surface area contributed by atoms with E-state index in [9.17, 15) is 18.0 Å². The minimum atomic E-state index is -3.03. The van der Waals surface area contributed by atoms with E-state index in [2.05, 4.69) is 15.0 Å². The molecule has 0 spiro atoms. The van der Waals surface area contributed by atoms with Gasteiger partial charge in [-0.1, -0.05) is 0 Å². The summed E-state index contributed by atoms with van der Waals surface area (Å²) in [5.74, 6) is -0.216. The quantitative estimate of drug-likeness (QED) is 0.938. The molecule has 0 bridgehead atoms. The summed E-state index contributed by atoms with van der Waals surface area (Å²) in [6.45, 7) is -2.37. The van der Waals surface area contributed by atoms with E-state index < -0.39 is 12.4 Å². The van der Waals surface area contributed by atoms with Crippen LogP contribution in [0.25, 0.3) is 0 Å². The van der Waals surface area contributed by atoms with E-state index >= 15 is 0 Å². The Kier molecular flexibility index (Phi) is 4.22. The zero-order chi connectivity index (χ0) is 16.4. The second-order valence-corrected chi connectivity index (χ2v) is 5.17. The lowest BCUT2D eigenvalue weighted by molar-refractivity contribution is -0.0505. The molecule has 1 aromatic carbocycles. The second kappa shape index (κ2) is 6.31. The summed E-state index contributed by atoms with van der Waals surface area (Å²) in [4.78, 5) is 16.6. The van der Waals surface area contributed by atoms with Crippen molar-refractivity contribution in [2.24, 2.45) is 0 Å². The number of anilines is 1. The first kappa shape index (κ1) is 15.4. The molecule has 1 N–H and O–H groups in total. The maximum Gasteiger partial charge on any atom is 0.387 e. The lowest BCUT2D eigenvalue weighted by Crippen LogP contribution is -2.29. The van der Waals surface area contributed by atoms with Crippen LogP contribution < -0.4 is 15.6 Å². The molecule has 0 atom stereocenters. The van der Waals surface area contributed by atoms with E-state index in [1.807, 2.05) is 0 Å². The number of benzene rings is 1. The van der Waals surface area contributed by atoms with E-state index in [0.29, 0.717) is 17.8 Å². The molecule has 0 amide bonds. The van der Waals surface area contributed by atoms with Crippen molar-refractivity contribution in [2.75, 3.05) is 11.9 Å². The van der Waals surface area contributed by atoms with Gasteiger partial charge in [0.2, 0.25) is 0 Å². The Labute approximate surface area is 129 Å². The Hall–Kier alpha value is -2.51. The van der Waals surface area contributed by atoms with E-state index in [1.54, 1.807) is 0 Å². The van der Waals surface area contributed by atoms with Crippen LogP contribution in [0.15, 0.2) is 29.3 Å². The van der Waals surface area contributed by atoms with Crippen LogP contribution in [0, 0.1) is 5.82 Å². The normalized spacial score (nSPS) is 13.6. The molecule has 2 heterocycles. The number of hydrogen-bond donors (Lipinski definition) is 1. The van der Waals surface area contributed by atoms with Crippen LogP contribution in [0.2, 0.25) is 0 Å². The molecule has 1 aliphatic rings. The minimum Gasteiger partial charge on any atom is -0.434 e. The molecule has 1 aliphatic heterocycles. The van der Waals surface area contributed by atoms with E-state index in [4.69, 9.17) is 0 Å². The third-order valence-electron chi connectivity index (χ3n) is 3.61. The van der Waals surface area contributed by atoms with Gasteiger partial charge in [0.1, 0.15) is 23.7 Å². The van der Waals surface area contributed by atoms with Crippen LogP contribution in [0.5, 0.6) is 5.75 Å². The number of alkyl halides is 2. The molecule has 5 nitrogen and oxygen atoms in total. The SMILES string of the molecule is O=c1c2c(ncn1Cc1cc(F)ccc1OC(F)F)NCCC2. The fourth-order valence-corrected chi connectivity index (χ4v) is 2.56. The Morgan fingerprint density at radius 3 is 3.00 bits per heavy atom. The third kappa shape index (κ3) is 3.30. The lowest BCUT2D eigenvalue weighted by atomic mass is 10.1. The summed E-state index contributed by atoms with van der Waals surface area (Å²) in [5.41, 5.74) is 0.429. The molecule has 3 rings (SSSR count). The number of nitrogens with zero attached hydrogens (tertiary/aromatic N) is 2.